The van der Waals surface area contributed by atoms with E-state index in [0.29, 0.717) is 0 Å². The highest BCUT2D eigenvalue weighted by Gasteiger charge is 2.21. The van der Waals surface area contributed by atoms with Crippen LogP contribution in [0.2, 0.25) is 0 Å². The van der Waals surface area contributed by atoms with Crippen LogP contribution in [-0.2, 0) is 0 Å². The van der Waals surface area contributed by atoms with E-state index in [-0.39, 0.29) is 0 Å². The lowest BCUT2D eigenvalue weighted by molar-refractivity contribution is 1.30. The van der Waals surface area contributed by atoms with Gasteiger partial charge in [-0.25, -0.2) is 0 Å². The Bertz CT molecular complexity index is 2180. The highest BCUT2D eigenvalue weighted by molar-refractivity contribution is 9.10. The summed E-state index contributed by atoms with van der Waals surface area (Å²) in [5.41, 5.74) is 8.26. The first kappa shape index (κ1) is 24.8. The highest BCUT2D eigenvalue weighted by atomic mass is 79.9. The number of nitrogens with zero attached hydrogens (tertiary/aromatic N) is 1. The van der Waals surface area contributed by atoms with Crippen molar-refractivity contribution in [2.24, 2.45) is 0 Å². The average molecular weight is 601 g/mol. The molecule has 8 rings (SSSR count). The summed E-state index contributed by atoms with van der Waals surface area (Å²) in [6.07, 6.45) is 0. The van der Waals surface area contributed by atoms with E-state index in [2.05, 4.69) is 179 Å². The molecule has 0 fully saturated rings. The predicted octanol–water partition coefficient (Wildman–Crippen LogP) is 12.2. The lowest BCUT2D eigenvalue weighted by Crippen LogP contribution is -2.11. The molecule has 0 unspecified atom stereocenters. The molecular formula is C40H26BrN. The largest absolute Gasteiger partial charge is 0.309 e. The van der Waals surface area contributed by atoms with Crippen LogP contribution in [0.15, 0.2) is 162 Å². The summed E-state index contributed by atoms with van der Waals surface area (Å²) in [6, 6.07) is 56.9. The maximum absolute atomic E-state index is 3.81. The van der Waals surface area contributed by atoms with Crippen LogP contribution in [0.4, 0.5) is 17.1 Å². The molecule has 42 heavy (non-hydrogen) atoms. The van der Waals surface area contributed by atoms with Crippen LogP contribution < -0.4 is 4.90 Å². The summed E-state index contributed by atoms with van der Waals surface area (Å²) >= 11 is 3.81. The molecule has 0 saturated carbocycles. The number of hydrogen-bond donors (Lipinski definition) is 0. The van der Waals surface area contributed by atoms with Crippen molar-refractivity contribution in [3.63, 3.8) is 0 Å². The lowest BCUT2D eigenvalue weighted by Gasteiger charge is -2.29. The van der Waals surface area contributed by atoms with Crippen molar-refractivity contribution in [3.05, 3.63) is 162 Å². The van der Waals surface area contributed by atoms with Gasteiger partial charge >= 0.3 is 0 Å². The Kier molecular flexibility index (Phi) is 6.01. The Morgan fingerprint density at radius 2 is 0.929 bits per heavy atom. The van der Waals surface area contributed by atoms with Crippen LogP contribution in [0, 0.1) is 0 Å². The van der Waals surface area contributed by atoms with E-state index in [1.54, 1.807) is 0 Å². The molecule has 0 saturated heterocycles. The summed E-state index contributed by atoms with van der Waals surface area (Å²) in [5.74, 6) is 0. The molecule has 0 bridgehead atoms. The maximum atomic E-state index is 3.81. The lowest BCUT2D eigenvalue weighted by atomic mass is 9.92. The predicted molar refractivity (Wildman–Crippen MR) is 183 cm³/mol. The molecule has 8 aromatic rings. The topological polar surface area (TPSA) is 3.24 Å². The summed E-state index contributed by atoms with van der Waals surface area (Å²) in [5, 5.41) is 7.60. The van der Waals surface area contributed by atoms with Gasteiger partial charge in [-0.1, -0.05) is 143 Å². The van der Waals surface area contributed by atoms with E-state index in [1.807, 2.05) is 0 Å². The number of halogens is 1. The van der Waals surface area contributed by atoms with Gasteiger partial charge in [0.15, 0.2) is 0 Å². The van der Waals surface area contributed by atoms with Crippen molar-refractivity contribution in [3.8, 4) is 22.3 Å². The molecule has 0 spiro atoms. The fourth-order valence-electron chi connectivity index (χ4n) is 6.32. The van der Waals surface area contributed by atoms with E-state index >= 15 is 0 Å². The Balaban J connectivity index is 1.36. The molecule has 0 aliphatic rings. The summed E-state index contributed by atoms with van der Waals surface area (Å²) in [7, 11) is 0. The van der Waals surface area contributed by atoms with E-state index in [0.717, 1.165) is 21.5 Å². The molecular weight excluding hydrogens is 574 g/mol. The Morgan fingerprint density at radius 3 is 1.69 bits per heavy atom. The van der Waals surface area contributed by atoms with Crippen molar-refractivity contribution in [1.82, 2.24) is 0 Å². The zero-order valence-corrected chi connectivity index (χ0v) is 24.4. The number of anilines is 3. The Hall–Kier alpha value is -4.92. The summed E-state index contributed by atoms with van der Waals surface area (Å²) < 4.78 is 1.12. The molecule has 198 valence electrons. The number of para-hydroxylation sites is 2. The van der Waals surface area contributed by atoms with Gasteiger partial charge in [0.2, 0.25) is 0 Å². The van der Waals surface area contributed by atoms with Crippen LogP contribution in [0.3, 0.4) is 0 Å². The van der Waals surface area contributed by atoms with Gasteiger partial charge in [-0.15, -0.1) is 0 Å². The van der Waals surface area contributed by atoms with Gasteiger partial charge in [0.05, 0.1) is 11.4 Å². The molecule has 0 atom stereocenters. The molecule has 2 heteroatoms. The van der Waals surface area contributed by atoms with Crippen molar-refractivity contribution >= 4 is 65.3 Å². The second-order valence-corrected chi connectivity index (χ2v) is 11.5. The van der Waals surface area contributed by atoms with Crippen molar-refractivity contribution in [1.29, 1.82) is 0 Å². The summed E-state index contributed by atoms with van der Waals surface area (Å²) in [6.45, 7) is 0. The third kappa shape index (κ3) is 4.07. The third-order valence-corrected chi connectivity index (χ3v) is 8.98. The monoisotopic (exact) mass is 599 g/mol. The number of benzene rings is 8. The molecule has 0 heterocycles. The Morgan fingerprint density at radius 1 is 0.381 bits per heavy atom. The first-order valence-electron chi connectivity index (χ1n) is 14.2. The van der Waals surface area contributed by atoms with Gasteiger partial charge in [-0.3, -0.25) is 0 Å². The quantitative estimate of drug-likeness (QED) is 0.178. The zero-order valence-electron chi connectivity index (χ0n) is 22.8. The van der Waals surface area contributed by atoms with E-state index in [1.165, 1.54) is 54.6 Å². The minimum Gasteiger partial charge on any atom is -0.309 e. The number of rotatable bonds is 5. The van der Waals surface area contributed by atoms with Gasteiger partial charge in [0.25, 0.3) is 0 Å². The van der Waals surface area contributed by atoms with Crippen LogP contribution in [0.5, 0.6) is 0 Å². The molecule has 0 aliphatic carbocycles. The summed E-state index contributed by atoms with van der Waals surface area (Å²) in [4.78, 5) is 2.42. The molecule has 0 amide bonds. The highest BCUT2D eigenvalue weighted by Crippen LogP contribution is 2.47. The van der Waals surface area contributed by atoms with Gasteiger partial charge in [0.1, 0.15) is 0 Å². The molecule has 1 nitrogen and oxygen atoms in total. The molecule has 0 N–H and O–H groups in total. The van der Waals surface area contributed by atoms with Crippen molar-refractivity contribution in [2.75, 3.05) is 4.90 Å². The van der Waals surface area contributed by atoms with Gasteiger partial charge in [0, 0.05) is 21.1 Å². The van der Waals surface area contributed by atoms with Crippen LogP contribution >= 0.6 is 15.9 Å². The van der Waals surface area contributed by atoms with Crippen molar-refractivity contribution < 1.29 is 0 Å². The molecule has 8 aromatic carbocycles. The fraction of sp³-hybridized carbons (Fsp3) is 0. The van der Waals surface area contributed by atoms with Crippen LogP contribution in [0.25, 0.3) is 54.6 Å². The SMILES string of the molecule is Brc1ccc2ccc3c(N(c4ccccc4)c4ccccc4-c4ccc(-c5ccccc5)cc4)ccc4ccc1c2c43. The normalized spacial score (nSPS) is 11.5. The minimum absolute atomic E-state index is 1.12. The Labute approximate surface area is 253 Å². The molecule has 0 radical (unpaired) electrons. The second kappa shape index (κ2) is 10.2. The second-order valence-electron chi connectivity index (χ2n) is 10.7. The average Bonchev–Trinajstić information content (AvgIpc) is 3.06. The number of hydrogen-bond acceptors (Lipinski definition) is 1. The van der Waals surface area contributed by atoms with E-state index in [9.17, 15) is 0 Å². The van der Waals surface area contributed by atoms with E-state index < -0.39 is 0 Å². The van der Waals surface area contributed by atoms with Crippen molar-refractivity contribution in [2.45, 2.75) is 0 Å². The van der Waals surface area contributed by atoms with Gasteiger partial charge in [-0.05, 0) is 74.0 Å². The maximum Gasteiger partial charge on any atom is 0.0540 e. The van der Waals surface area contributed by atoms with Gasteiger partial charge < -0.3 is 4.90 Å². The van der Waals surface area contributed by atoms with Crippen LogP contribution in [0.1, 0.15) is 0 Å². The molecule has 0 aromatic heterocycles. The third-order valence-electron chi connectivity index (χ3n) is 8.29. The zero-order chi connectivity index (χ0) is 28.0. The minimum atomic E-state index is 1.12. The first-order valence-corrected chi connectivity index (χ1v) is 15.0. The van der Waals surface area contributed by atoms with Gasteiger partial charge in [-0.2, -0.15) is 0 Å². The standard InChI is InChI=1S/C40H26BrN/c41-36-25-21-30-20-24-35-38(26-22-31-19-23-34(36)39(30)40(31)35)42(32-11-5-2-6-12-32)37-14-8-7-13-33(37)29-17-15-28(16-18-29)27-9-3-1-4-10-27/h1-26H. The fourth-order valence-corrected chi connectivity index (χ4v) is 6.78. The van der Waals surface area contributed by atoms with Crippen LogP contribution in [-0.4, -0.2) is 0 Å². The molecule has 0 aliphatic heterocycles. The first-order chi connectivity index (χ1) is 20.8. The smallest absolute Gasteiger partial charge is 0.0540 e. The van der Waals surface area contributed by atoms with E-state index in [4.69, 9.17) is 0 Å².